The molecule has 160 valence electrons. The van der Waals surface area contributed by atoms with Gasteiger partial charge in [-0.2, -0.15) is 0 Å². The molecular weight excluding hydrogens is 372 g/mol. The first kappa shape index (κ1) is 24.3. The minimum atomic E-state index is -0.594. The van der Waals surface area contributed by atoms with Crippen LogP contribution in [0, 0.1) is 5.92 Å². The molecule has 0 saturated heterocycles. The maximum atomic E-state index is 11.9. The summed E-state index contributed by atoms with van der Waals surface area (Å²) < 4.78 is 36.9. The van der Waals surface area contributed by atoms with Gasteiger partial charge >= 0.3 is 11.9 Å². The molecule has 1 aliphatic rings. The highest BCUT2D eigenvalue weighted by Crippen LogP contribution is 2.06. The molecule has 0 aromatic heterocycles. The molecule has 0 aromatic rings. The average Bonchev–Trinajstić information content (AvgIpc) is 2.67. The van der Waals surface area contributed by atoms with E-state index in [-0.39, 0.29) is 13.2 Å². The topological polar surface area (TPSA) is 98.8 Å². The van der Waals surface area contributed by atoms with E-state index in [1.807, 2.05) is 0 Å². The number of ether oxygens (including phenoxy) is 7. The molecule has 1 aliphatic heterocycles. The van der Waals surface area contributed by atoms with Crippen molar-refractivity contribution in [2.75, 3.05) is 73.2 Å². The van der Waals surface area contributed by atoms with Gasteiger partial charge in [-0.05, 0) is 6.08 Å². The van der Waals surface area contributed by atoms with Gasteiger partial charge in [-0.15, -0.1) is 0 Å². The third-order valence-corrected chi connectivity index (χ3v) is 3.43. The molecule has 0 amide bonds. The molecule has 0 radical (unpaired) electrons. The molecule has 0 fully saturated rings. The monoisotopic (exact) mass is 402 g/mol. The lowest BCUT2D eigenvalue weighted by atomic mass is 10.1. The van der Waals surface area contributed by atoms with E-state index in [2.05, 4.69) is 0 Å². The highest BCUT2D eigenvalue weighted by atomic mass is 16.6. The molecule has 0 aromatic carbocycles. The zero-order chi connectivity index (χ0) is 20.5. The van der Waals surface area contributed by atoms with Crippen LogP contribution in [0.5, 0.6) is 0 Å². The lowest BCUT2D eigenvalue weighted by Gasteiger charge is -2.12. The standard InChI is InChI=1S/C19H30O9/c1-16(20)28-18-5-3-4-17(19(21)22-2)14-26-12-10-24-8-6-23-7-9-25-11-13-27-15-18/h3-5,17H,6-15H2,1-2H3/b4-3-,18-5+/t17-/m1/s1. The summed E-state index contributed by atoms with van der Waals surface area (Å²) in [6, 6.07) is 0. The predicted octanol–water partition coefficient (Wildman–Crippen LogP) is 0.875. The number of hydrogen-bond acceptors (Lipinski definition) is 9. The Bertz CT molecular complexity index is 502. The van der Waals surface area contributed by atoms with E-state index in [4.69, 9.17) is 33.2 Å². The summed E-state index contributed by atoms with van der Waals surface area (Å²) in [5.74, 6) is -1.16. The van der Waals surface area contributed by atoms with Crippen LogP contribution < -0.4 is 0 Å². The molecule has 28 heavy (non-hydrogen) atoms. The Balaban J connectivity index is 2.69. The first-order chi connectivity index (χ1) is 13.6. The van der Waals surface area contributed by atoms with Gasteiger partial charge < -0.3 is 33.2 Å². The Hall–Kier alpha value is -1.78. The van der Waals surface area contributed by atoms with Gasteiger partial charge in [0.05, 0.1) is 72.5 Å². The number of esters is 2. The van der Waals surface area contributed by atoms with Crippen LogP contribution in [0.15, 0.2) is 24.0 Å². The van der Waals surface area contributed by atoms with Crippen LogP contribution in [-0.2, 0) is 42.7 Å². The molecule has 9 heteroatoms. The van der Waals surface area contributed by atoms with Crippen molar-refractivity contribution in [1.82, 2.24) is 0 Å². The minimum Gasteiger partial charge on any atom is -0.468 e. The summed E-state index contributed by atoms with van der Waals surface area (Å²) in [5.41, 5.74) is 0. The highest BCUT2D eigenvalue weighted by Gasteiger charge is 2.16. The van der Waals surface area contributed by atoms with Gasteiger partial charge in [-0.3, -0.25) is 9.59 Å². The van der Waals surface area contributed by atoms with E-state index >= 15 is 0 Å². The molecule has 0 saturated carbocycles. The van der Waals surface area contributed by atoms with Crippen molar-refractivity contribution in [2.24, 2.45) is 5.92 Å². The van der Waals surface area contributed by atoms with Gasteiger partial charge in [0.25, 0.3) is 0 Å². The third kappa shape index (κ3) is 12.6. The van der Waals surface area contributed by atoms with Crippen molar-refractivity contribution in [3.8, 4) is 0 Å². The van der Waals surface area contributed by atoms with Crippen molar-refractivity contribution in [3.05, 3.63) is 24.0 Å². The summed E-state index contributed by atoms with van der Waals surface area (Å²) in [4.78, 5) is 23.1. The van der Waals surface area contributed by atoms with Crippen LogP contribution in [0.4, 0.5) is 0 Å². The largest absolute Gasteiger partial charge is 0.468 e. The van der Waals surface area contributed by atoms with E-state index in [1.54, 1.807) is 18.2 Å². The summed E-state index contributed by atoms with van der Waals surface area (Å²) >= 11 is 0. The first-order valence-electron chi connectivity index (χ1n) is 9.15. The third-order valence-electron chi connectivity index (χ3n) is 3.43. The molecule has 0 aliphatic carbocycles. The van der Waals surface area contributed by atoms with Gasteiger partial charge in [-0.1, -0.05) is 12.2 Å². The molecule has 0 spiro atoms. The number of methoxy groups -OCH3 is 1. The Labute approximate surface area is 165 Å². The SMILES string of the molecule is COC(=O)[C@@H]1/C=C\C=C(\OC(C)=O)COCCOCCOCCOCCOC1. The second-order valence-electron chi connectivity index (χ2n) is 5.71. The maximum absolute atomic E-state index is 11.9. The van der Waals surface area contributed by atoms with Crippen molar-refractivity contribution in [2.45, 2.75) is 6.92 Å². The van der Waals surface area contributed by atoms with E-state index in [9.17, 15) is 9.59 Å². The van der Waals surface area contributed by atoms with E-state index in [0.717, 1.165) is 0 Å². The van der Waals surface area contributed by atoms with Crippen LogP contribution >= 0.6 is 0 Å². The first-order valence-corrected chi connectivity index (χ1v) is 9.15. The summed E-state index contributed by atoms with van der Waals surface area (Å²) in [6.45, 7) is 4.85. The predicted molar refractivity (Wildman–Crippen MR) is 98.6 cm³/mol. The quantitative estimate of drug-likeness (QED) is 0.623. The van der Waals surface area contributed by atoms with Gasteiger partial charge in [0, 0.05) is 6.92 Å². The van der Waals surface area contributed by atoms with Gasteiger partial charge in [0.2, 0.25) is 0 Å². The lowest BCUT2D eigenvalue weighted by Crippen LogP contribution is -2.21. The van der Waals surface area contributed by atoms with Crippen LogP contribution in [0.1, 0.15) is 6.92 Å². The Kier molecular flexibility index (Phi) is 14.0. The fourth-order valence-electron chi connectivity index (χ4n) is 2.11. The smallest absolute Gasteiger partial charge is 0.314 e. The molecule has 9 nitrogen and oxygen atoms in total. The summed E-state index contributed by atoms with van der Waals surface area (Å²) in [6.07, 6.45) is 4.79. The van der Waals surface area contributed by atoms with Crippen LogP contribution in [0.2, 0.25) is 0 Å². The molecular formula is C19H30O9. The molecule has 1 rings (SSSR count). The van der Waals surface area contributed by atoms with Crippen LogP contribution in [-0.4, -0.2) is 85.1 Å². The number of allylic oxidation sites excluding steroid dienone is 2. The average molecular weight is 402 g/mol. The zero-order valence-corrected chi connectivity index (χ0v) is 16.6. The van der Waals surface area contributed by atoms with Crippen molar-refractivity contribution >= 4 is 11.9 Å². The maximum Gasteiger partial charge on any atom is 0.314 e. The fraction of sp³-hybridized carbons (Fsp3) is 0.684. The van der Waals surface area contributed by atoms with Gasteiger partial charge in [0.15, 0.2) is 0 Å². The Morgan fingerprint density at radius 2 is 1.43 bits per heavy atom. The second kappa shape index (κ2) is 16.2. The number of rotatable bonds is 2. The normalized spacial score (nSPS) is 24.9. The minimum absolute atomic E-state index is 0.0977. The van der Waals surface area contributed by atoms with Gasteiger partial charge in [-0.25, -0.2) is 0 Å². The molecule has 1 heterocycles. The van der Waals surface area contributed by atoms with Crippen molar-refractivity contribution < 1.29 is 42.7 Å². The Morgan fingerprint density at radius 3 is 1.96 bits per heavy atom. The number of carbonyl (C=O) groups excluding carboxylic acids is 2. The molecule has 1 atom stereocenters. The molecule has 0 bridgehead atoms. The lowest BCUT2D eigenvalue weighted by molar-refractivity contribution is -0.145. The fourth-order valence-corrected chi connectivity index (χ4v) is 2.11. The van der Waals surface area contributed by atoms with Crippen molar-refractivity contribution in [1.29, 1.82) is 0 Å². The number of carbonyl (C=O) groups is 2. The van der Waals surface area contributed by atoms with Gasteiger partial charge in [0.1, 0.15) is 12.4 Å². The number of hydrogen-bond donors (Lipinski definition) is 0. The molecule has 0 N–H and O–H groups in total. The van der Waals surface area contributed by atoms with E-state index < -0.39 is 17.9 Å². The van der Waals surface area contributed by atoms with E-state index in [1.165, 1.54) is 14.0 Å². The Morgan fingerprint density at radius 1 is 0.893 bits per heavy atom. The summed E-state index contributed by atoms with van der Waals surface area (Å²) in [7, 11) is 1.31. The zero-order valence-electron chi connectivity index (χ0n) is 16.6. The highest BCUT2D eigenvalue weighted by molar-refractivity contribution is 5.74. The van der Waals surface area contributed by atoms with Crippen LogP contribution in [0.3, 0.4) is 0 Å². The van der Waals surface area contributed by atoms with Crippen LogP contribution in [0.25, 0.3) is 0 Å². The molecule has 0 unspecified atom stereocenters. The summed E-state index contributed by atoms with van der Waals surface area (Å²) in [5, 5.41) is 0. The van der Waals surface area contributed by atoms with Crippen molar-refractivity contribution in [3.63, 3.8) is 0 Å². The van der Waals surface area contributed by atoms with E-state index in [0.29, 0.717) is 58.6 Å². The second-order valence-corrected chi connectivity index (χ2v) is 5.71.